The summed E-state index contributed by atoms with van der Waals surface area (Å²) >= 11 is 0. The van der Waals surface area contributed by atoms with Crippen molar-refractivity contribution in [3.8, 4) is 0 Å². The van der Waals surface area contributed by atoms with Gasteiger partial charge in [-0.2, -0.15) is 0 Å². The predicted octanol–water partition coefficient (Wildman–Crippen LogP) is 4.05. The molecular formula is C21H26N2O3. The Balaban J connectivity index is 1.89. The van der Waals surface area contributed by atoms with Gasteiger partial charge < -0.3 is 9.64 Å². The van der Waals surface area contributed by atoms with Crippen molar-refractivity contribution in [2.45, 2.75) is 45.6 Å². The summed E-state index contributed by atoms with van der Waals surface area (Å²) in [5.74, 6) is 0. The number of hydrogen-bond acceptors (Lipinski definition) is 4. The number of carbonyl (C=O) groups excluding carboxylic acids is 2. The Morgan fingerprint density at radius 3 is 2.62 bits per heavy atom. The summed E-state index contributed by atoms with van der Waals surface area (Å²) in [7, 11) is 1.67. The molecule has 1 aliphatic carbocycles. The first-order valence-corrected chi connectivity index (χ1v) is 9.01. The maximum absolute atomic E-state index is 12.5. The van der Waals surface area contributed by atoms with Crippen LogP contribution in [-0.2, 0) is 16.0 Å². The number of benzene rings is 1. The first-order chi connectivity index (χ1) is 12.3. The highest BCUT2D eigenvalue weighted by atomic mass is 16.6. The maximum Gasteiger partial charge on any atom is 0.414 e. The van der Waals surface area contributed by atoms with E-state index in [-0.39, 0.29) is 0 Å². The molecular weight excluding hydrogens is 328 g/mol. The van der Waals surface area contributed by atoms with Crippen LogP contribution in [-0.4, -0.2) is 36.5 Å². The van der Waals surface area contributed by atoms with Gasteiger partial charge in [0.15, 0.2) is 0 Å². The Kier molecular flexibility index (Phi) is 4.90. The van der Waals surface area contributed by atoms with Crippen LogP contribution in [0, 0.1) is 0 Å². The second-order valence-corrected chi connectivity index (χ2v) is 7.76. The highest BCUT2D eigenvalue weighted by molar-refractivity contribution is 5.82. The molecule has 5 nitrogen and oxygen atoms in total. The van der Waals surface area contributed by atoms with Crippen molar-refractivity contribution in [1.82, 2.24) is 4.90 Å². The van der Waals surface area contributed by atoms with Gasteiger partial charge in [0.25, 0.3) is 0 Å². The lowest BCUT2D eigenvalue weighted by atomic mass is 10.1. The molecule has 0 radical (unpaired) electrons. The molecule has 138 valence electrons. The normalized spacial score (nSPS) is 18.3. The Labute approximate surface area is 154 Å². The van der Waals surface area contributed by atoms with Gasteiger partial charge in [-0.05, 0) is 57.2 Å². The average Bonchev–Trinajstić information content (AvgIpc) is 3.17. The molecule has 1 amide bonds. The minimum absolute atomic E-state index is 0.443. The summed E-state index contributed by atoms with van der Waals surface area (Å²) in [4.78, 5) is 27.7. The third-order valence-corrected chi connectivity index (χ3v) is 4.65. The van der Waals surface area contributed by atoms with Gasteiger partial charge in [-0.25, -0.2) is 4.79 Å². The Morgan fingerprint density at radius 2 is 1.92 bits per heavy atom. The first-order valence-electron chi connectivity index (χ1n) is 9.01. The number of para-hydroxylation sites is 1. The monoisotopic (exact) mass is 354 g/mol. The fraction of sp³-hybridized carbons (Fsp3) is 0.429. The number of carbonyl (C=O) groups is 2. The number of rotatable bonds is 3. The van der Waals surface area contributed by atoms with Gasteiger partial charge in [0.05, 0.1) is 5.70 Å². The summed E-state index contributed by atoms with van der Waals surface area (Å²) in [6, 6.07) is 8.33. The van der Waals surface area contributed by atoms with E-state index in [9.17, 15) is 9.59 Å². The van der Waals surface area contributed by atoms with Crippen LogP contribution in [0.25, 0.3) is 0 Å². The zero-order valence-electron chi connectivity index (χ0n) is 15.9. The smallest absolute Gasteiger partial charge is 0.414 e. The second kappa shape index (κ2) is 6.98. The summed E-state index contributed by atoms with van der Waals surface area (Å²) in [6.07, 6.45) is 4.89. The highest BCUT2D eigenvalue weighted by Crippen LogP contribution is 2.36. The van der Waals surface area contributed by atoms with Gasteiger partial charge in [0.2, 0.25) is 0 Å². The molecule has 0 unspecified atom stereocenters. The number of allylic oxidation sites excluding steroid dienone is 2. The first kappa shape index (κ1) is 18.2. The molecule has 2 aliphatic rings. The summed E-state index contributed by atoms with van der Waals surface area (Å²) in [5, 5.41) is 0. The number of amides is 1. The Hall–Kier alpha value is -2.56. The van der Waals surface area contributed by atoms with Crippen molar-refractivity contribution in [3.63, 3.8) is 0 Å². The van der Waals surface area contributed by atoms with Crippen molar-refractivity contribution in [2.24, 2.45) is 0 Å². The van der Waals surface area contributed by atoms with Crippen molar-refractivity contribution in [1.29, 1.82) is 0 Å². The molecule has 1 aliphatic heterocycles. The zero-order valence-corrected chi connectivity index (χ0v) is 15.9. The van der Waals surface area contributed by atoms with E-state index in [2.05, 4.69) is 29.3 Å². The topological polar surface area (TPSA) is 49.9 Å². The third-order valence-electron chi connectivity index (χ3n) is 4.65. The number of hydrogen-bond donors (Lipinski definition) is 0. The molecule has 26 heavy (non-hydrogen) atoms. The van der Waals surface area contributed by atoms with Crippen LogP contribution in [0.3, 0.4) is 0 Å². The number of likely N-dealkylation sites (N-methyl/N-ethyl adjacent to an activating group) is 1. The molecule has 5 heteroatoms. The maximum atomic E-state index is 12.5. The van der Waals surface area contributed by atoms with E-state index in [0.29, 0.717) is 17.7 Å². The quantitative estimate of drug-likeness (QED) is 0.769. The Morgan fingerprint density at radius 1 is 1.19 bits per heavy atom. The molecule has 1 heterocycles. The number of anilines is 1. The van der Waals surface area contributed by atoms with Gasteiger partial charge in [-0.3, -0.25) is 9.69 Å². The van der Waals surface area contributed by atoms with Crippen LogP contribution in [0.5, 0.6) is 0 Å². The molecule has 0 spiro atoms. The molecule has 1 aromatic rings. The lowest BCUT2D eigenvalue weighted by Crippen LogP contribution is -2.34. The van der Waals surface area contributed by atoms with Crippen LogP contribution in [0.2, 0.25) is 0 Å². The number of ether oxygens (including phenoxy) is 1. The van der Waals surface area contributed by atoms with E-state index in [1.807, 2.05) is 26.8 Å². The van der Waals surface area contributed by atoms with E-state index in [4.69, 9.17) is 4.74 Å². The predicted molar refractivity (Wildman–Crippen MR) is 102 cm³/mol. The van der Waals surface area contributed by atoms with Gasteiger partial charge in [-0.1, -0.05) is 18.2 Å². The van der Waals surface area contributed by atoms with Crippen molar-refractivity contribution < 1.29 is 14.3 Å². The fourth-order valence-electron chi connectivity index (χ4n) is 3.49. The van der Waals surface area contributed by atoms with Crippen molar-refractivity contribution in [2.75, 3.05) is 18.5 Å². The van der Waals surface area contributed by atoms with Crippen molar-refractivity contribution in [3.05, 3.63) is 52.9 Å². The number of nitrogens with zero attached hydrogens (tertiary/aromatic N) is 2. The average molecular weight is 354 g/mol. The van der Waals surface area contributed by atoms with Crippen LogP contribution >= 0.6 is 0 Å². The largest absolute Gasteiger partial charge is 0.443 e. The lowest BCUT2D eigenvalue weighted by molar-refractivity contribution is -0.105. The molecule has 0 atom stereocenters. The molecule has 0 N–H and O–H groups in total. The van der Waals surface area contributed by atoms with Gasteiger partial charge in [-0.15, -0.1) is 0 Å². The summed E-state index contributed by atoms with van der Waals surface area (Å²) in [6.45, 7) is 6.41. The van der Waals surface area contributed by atoms with Crippen LogP contribution < -0.4 is 4.90 Å². The number of aldehydes is 1. The lowest BCUT2D eigenvalue weighted by Gasteiger charge is -2.27. The van der Waals surface area contributed by atoms with Crippen LogP contribution in [0.1, 0.15) is 39.2 Å². The van der Waals surface area contributed by atoms with Crippen LogP contribution in [0.4, 0.5) is 10.5 Å². The molecule has 0 aromatic heterocycles. The minimum atomic E-state index is -0.580. The number of fused-ring (bicyclic) bond motifs is 1. The molecule has 0 saturated heterocycles. The zero-order chi connectivity index (χ0) is 18.9. The standard InChI is InChI=1S/C21H26N2O3/c1-21(2,3)26-20(25)22(4)19-16(9-10-17(19)14-24)13-23-12-11-15-7-5-6-8-18(15)23/h5-8,13-14H,9-12H2,1-4H3/b16-13+. The molecule has 0 bridgehead atoms. The van der Waals surface area contributed by atoms with E-state index >= 15 is 0 Å². The van der Waals surface area contributed by atoms with Gasteiger partial charge in [0.1, 0.15) is 11.9 Å². The molecule has 0 saturated carbocycles. The van der Waals surface area contributed by atoms with E-state index in [1.54, 1.807) is 7.05 Å². The van der Waals surface area contributed by atoms with E-state index in [0.717, 1.165) is 31.2 Å². The highest BCUT2D eigenvalue weighted by Gasteiger charge is 2.30. The summed E-state index contributed by atoms with van der Waals surface area (Å²) in [5.41, 5.74) is 4.26. The van der Waals surface area contributed by atoms with Gasteiger partial charge >= 0.3 is 6.09 Å². The molecule has 1 aromatic carbocycles. The summed E-state index contributed by atoms with van der Waals surface area (Å²) < 4.78 is 5.48. The fourth-order valence-corrected chi connectivity index (χ4v) is 3.49. The minimum Gasteiger partial charge on any atom is -0.443 e. The van der Waals surface area contributed by atoms with Crippen LogP contribution in [0.15, 0.2) is 47.3 Å². The molecule has 0 fully saturated rings. The molecule has 3 rings (SSSR count). The van der Waals surface area contributed by atoms with Gasteiger partial charge in [0, 0.05) is 31.1 Å². The van der Waals surface area contributed by atoms with Crippen molar-refractivity contribution >= 4 is 18.1 Å². The Bertz CT molecular complexity index is 787. The third kappa shape index (κ3) is 3.66. The second-order valence-electron chi connectivity index (χ2n) is 7.76. The van der Waals surface area contributed by atoms with E-state index in [1.165, 1.54) is 16.2 Å². The van der Waals surface area contributed by atoms with E-state index < -0.39 is 11.7 Å². The SMILES string of the molecule is CN(C(=O)OC(C)(C)C)C1=C(C=O)CC/C1=C\N1CCc2ccccc21.